The van der Waals surface area contributed by atoms with Crippen LogP contribution in [0.5, 0.6) is 0 Å². The number of carbonyl (C=O) groups excluding carboxylic acids is 1. The first kappa shape index (κ1) is 23.9. The molecule has 1 atom stereocenters. The first-order valence-electron chi connectivity index (χ1n) is 7.65. The van der Waals surface area contributed by atoms with Crippen LogP contribution in [-0.2, 0) is 14.3 Å². The molecule has 24 heavy (non-hydrogen) atoms. The fraction of sp³-hybridized carbons (Fsp3) is 0.471. The lowest BCUT2D eigenvalue weighted by Crippen LogP contribution is -2.23. The minimum absolute atomic E-state index is 0.250. The van der Waals surface area contributed by atoms with Crippen molar-refractivity contribution in [1.82, 2.24) is 0 Å². The number of rotatable bonds is 7. The van der Waals surface area contributed by atoms with Gasteiger partial charge in [-0.3, -0.25) is 4.79 Å². The lowest BCUT2D eigenvalue weighted by molar-refractivity contribution is -0.154. The third-order valence-electron chi connectivity index (χ3n) is 2.60. The number of aliphatic hydroxyl groups excluding tert-OH is 1. The summed E-state index contributed by atoms with van der Waals surface area (Å²) in [7, 11) is 0. The van der Waals surface area contributed by atoms with Crippen LogP contribution in [0, 0.1) is 0 Å². The van der Waals surface area contributed by atoms with Crippen molar-refractivity contribution in [2.24, 2.45) is 0 Å². The number of ether oxygens (including phenoxy) is 1. The Bertz CT molecular complexity index is 446. The van der Waals surface area contributed by atoms with Gasteiger partial charge in [-0.15, -0.1) is 0 Å². The van der Waals surface area contributed by atoms with Gasteiger partial charge in [-0.25, -0.2) is 9.59 Å². The number of carboxylic acid groups (broad SMARTS) is 2. The molecule has 1 rings (SSSR count). The van der Waals surface area contributed by atoms with Crippen molar-refractivity contribution >= 4 is 18.4 Å². The molecule has 0 fully saturated rings. The van der Waals surface area contributed by atoms with Crippen LogP contribution in [0.25, 0.3) is 0 Å². The van der Waals surface area contributed by atoms with Crippen molar-refractivity contribution in [3.63, 3.8) is 0 Å². The molecule has 0 amide bonds. The highest BCUT2D eigenvalue weighted by molar-refractivity contribution is 5.87. The molecule has 7 nitrogen and oxygen atoms in total. The maximum atomic E-state index is 10.9. The molecule has 0 saturated heterocycles. The predicted octanol–water partition coefficient (Wildman–Crippen LogP) is 2.58. The summed E-state index contributed by atoms with van der Waals surface area (Å²) in [5.41, 5.74) is 0.331. The van der Waals surface area contributed by atoms with E-state index in [2.05, 4.69) is 0 Å². The number of benzene rings is 1. The van der Waals surface area contributed by atoms with Crippen LogP contribution in [-0.4, -0.2) is 46.4 Å². The zero-order valence-electron chi connectivity index (χ0n) is 14.1. The van der Waals surface area contributed by atoms with Gasteiger partial charge in [0.2, 0.25) is 0 Å². The number of hydrogen-bond acceptors (Lipinski definition) is 5. The van der Waals surface area contributed by atoms with Crippen molar-refractivity contribution in [2.45, 2.75) is 45.6 Å². The SMILES string of the molecule is CCCCOC(=O)C(O)CCC.O=C(O)c1ccccc1.O=CO. The van der Waals surface area contributed by atoms with Gasteiger partial charge in [-0.05, 0) is 25.0 Å². The van der Waals surface area contributed by atoms with E-state index in [4.69, 9.17) is 24.9 Å². The number of carbonyl (C=O) groups is 3. The molecule has 0 heterocycles. The molecular formula is C17H26O7. The van der Waals surface area contributed by atoms with E-state index in [0.29, 0.717) is 18.6 Å². The van der Waals surface area contributed by atoms with E-state index in [1.54, 1.807) is 30.3 Å². The molecule has 136 valence electrons. The number of carboxylic acids is 1. The quantitative estimate of drug-likeness (QED) is 0.395. The second-order valence-electron chi connectivity index (χ2n) is 4.60. The second-order valence-corrected chi connectivity index (χ2v) is 4.60. The van der Waals surface area contributed by atoms with E-state index in [1.165, 1.54) is 0 Å². The monoisotopic (exact) mass is 342 g/mol. The summed E-state index contributed by atoms with van der Waals surface area (Å²) in [5, 5.41) is 24.4. The van der Waals surface area contributed by atoms with E-state index in [-0.39, 0.29) is 6.47 Å². The minimum atomic E-state index is -0.924. The zero-order valence-corrected chi connectivity index (χ0v) is 14.1. The van der Waals surface area contributed by atoms with Gasteiger partial charge in [0.1, 0.15) is 0 Å². The number of esters is 1. The van der Waals surface area contributed by atoms with Gasteiger partial charge in [-0.1, -0.05) is 44.9 Å². The third kappa shape index (κ3) is 14.5. The number of aliphatic hydroxyl groups is 1. The Labute approximate surface area is 141 Å². The maximum absolute atomic E-state index is 10.9. The van der Waals surface area contributed by atoms with E-state index in [9.17, 15) is 9.59 Å². The van der Waals surface area contributed by atoms with Crippen molar-refractivity contribution in [3.8, 4) is 0 Å². The predicted molar refractivity (Wildman–Crippen MR) is 88.9 cm³/mol. The van der Waals surface area contributed by atoms with Crippen LogP contribution in [0.3, 0.4) is 0 Å². The van der Waals surface area contributed by atoms with E-state index >= 15 is 0 Å². The van der Waals surface area contributed by atoms with Crippen LogP contribution in [0.2, 0.25) is 0 Å². The standard InChI is InChI=1S/C9H18O3.C7H6O2.CH2O2/c1-3-5-7-12-9(11)8(10)6-4-2;8-7(9)6-4-2-1-3-5-6;2-1-3/h8,10H,3-7H2,1-2H3;1-5H,(H,8,9);1H,(H,2,3). The van der Waals surface area contributed by atoms with Gasteiger partial charge in [0.05, 0.1) is 12.2 Å². The number of hydrogen-bond donors (Lipinski definition) is 3. The summed E-state index contributed by atoms with van der Waals surface area (Å²) >= 11 is 0. The lowest BCUT2D eigenvalue weighted by atomic mass is 10.2. The number of unbranched alkanes of at least 4 members (excludes halogenated alkanes) is 1. The average molecular weight is 342 g/mol. The highest BCUT2D eigenvalue weighted by Gasteiger charge is 2.14. The van der Waals surface area contributed by atoms with Gasteiger partial charge >= 0.3 is 11.9 Å². The molecule has 0 spiro atoms. The van der Waals surface area contributed by atoms with Gasteiger partial charge in [0, 0.05) is 0 Å². The van der Waals surface area contributed by atoms with Crippen molar-refractivity contribution in [3.05, 3.63) is 35.9 Å². The average Bonchev–Trinajstić information content (AvgIpc) is 2.57. The zero-order chi connectivity index (χ0) is 18.8. The van der Waals surface area contributed by atoms with Gasteiger partial charge < -0.3 is 20.1 Å². The normalized spacial score (nSPS) is 10.1. The summed E-state index contributed by atoms with van der Waals surface area (Å²) in [6.07, 6.45) is 2.23. The van der Waals surface area contributed by atoms with Crippen LogP contribution in [0.15, 0.2) is 30.3 Å². The minimum Gasteiger partial charge on any atom is -0.483 e. The lowest BCUT2D eigenvalue weighted by Gasteiger charge is -2.08. The van der Waals surface area contributed by atoms with E-state index < -0.39 is 18.0 Å². The van der Waals surface area contributed by atoms with Crippen LogP contribution in [0.4, 0.5) is 0 Å². The summed E-state index contributed by atoms with van der Waals surface area (Å²) in [4.78, 5) is 29.5. The fourth-order valence-electron chi connectivity index (χ4n) is 1.39. The summed E-state index contributed by atoms with van der Waals surface area (Å²) in [6.45, 7) is 4.12. The Morgan fingerprint density at radius 2 is 1.71 bits per heavy atom. The van der Waals surface area contributed by atoms with Crippen LogP contribution in [0.1, 0.15) is 49.9 Å². The van der Waals surface area contributed by atoms with E-state index in [0.717, 1.165) is 19.3 Å². The van der Waals surface area contributed by atoms with Gasteiger partial charge in [0.15, 0.2) is 6.10 Å². The molecule has 1 aromatic carbocycles. The molecular weight excluding hydrogens is 316 g/mol. The molecule has 0 aliphatic rings. The molecule has 3 N–H and O–H groups in total. The second kappa shape index (κ2) is 17.0. The summed E-state index contributed by atoms with van der Waals surface area (Å²) in [5.74, 6) is -1.36. The Kier molecular flexibility index (Phi) is 16.8. The highest BCUT2D eigenvalue weighted by atomic mass is 16.5. The van der Waals surface area contributed by atoms with Crippen molar-refractivity contribution in [1.29, 1.82) is 0 Å². The molecule has 0 aromatic heterocycles. The molecule has 1 aromatic rings. The topological polar surface area (TPSA) is 121 Å². The summed E-state index contributed by atoms with van der Waals surface area (Å²) < 4.78 is 4.81. The molecule has 0 radical (unpaired) electrons. The van der Waals surface area contributed by atoms with Crippen LogP contribution < -0.4 is 0 Å². The van der Waals surface area contributed by atoms with Gasteiger partial charge in [0.25, 0.3) is 6.47 Å². The van der Waals surface area contributed by atoms with Crippen LogP contribution >= 0.6 is 0 Å². The smallest absolute Gasteiger partial charge is 0.335 e. The van der Waals surface area contributed by atoms with Crippen molar-refractivity contribution in [2.75, 3.05) is 6.61 Å². The molecule has 0 aliphatic heterocycles. The Morgan fingerprint density at radius 3 is 2.08 bits per heavy atom. The molecule has 0 aliphatic carbocycles. The molecule has 0 saturated carbocycles. The van der Waals surface area contributed by atoms with E-state index in [1.807, 2.05) is 13.8 Å². The Balaban J connectivity index is 0. The first-order chi connectivity index (χ1) is 11.4. The molecule has 1 unspecified atom stereocenters. The summed E-state index contributed by atoms with van der Waals surface area (Å²) in [6, 6.07) is 8.30. The fourth-order valence-corrected chi connectivity index (χ4v) is 1.39. The maximum Gasteiger partial charge on any atom is 0.335 e. The highest BCUT2D eigenvalue weighted by Crippen LogP contribution is 1.99. The number of aromatic carboxylic acids is 1. The largest absolute Gasteiger partial charge is 0.483 e. The Morgan fingerprint density at radius 1 is 1.17 bits per heavy atom. The Hall–Kier alpha value is -2.41. The molecule has 0 bridgehead atoms. The third-order valence-corrected chi connectivity index (χ3v) is 2.60. The first-order valence-corrected chi connectivity index (χ1v) is 7.65. The van der Waals surface area contributed by atoms with Gasteiger partial charge in [-0.2, -0.15) is 0 Å². The molecule has 7 heteroatoms. The van der Waals surface area contributed by atoms with Crippen molar-refractivity contribution < 1.29 is 34.4 Å².